The van der Waals surface area contributed by atoms with Crippen molar-refractivity contribution in [1.29, 1.82) is 0 Å². The average Bonchev–Trinajstić information content (AvgIpc) is 2.74. The summed E-state index contributed by atoms with van der Waals surface area (Å²) < 4.78 is 0. The highest BCUT2D eigenvalue weighted by Gasteiger charge is 2.29. The van der Waals surface area contributed by atoms with Gasteiger partial charge in [0.15, 0.2) is 5.78 Å². The molecular weight excluding hydrogens is 364 g/mol. The second-order valence-electron chi connectivity index (χ2n) is 8.43. The summed E-state index contributed by atoms with van der Waals surface area (Å²) in [5.74, 6) is 1.55. The molecule has 0 amide bonds. The van der Waals surface area contributed by atoms with Crippen LogP contribution in [0.4, 0.5) is 5.95 Å². The molecule has 6 heteroatoms. The lowest BCUT2D eigenvalue weighted by molar-refractivity contribution is 0.0962. The van der Waals surface area contributed by atoms with E-state index in [4.69, 9.17) is 10.1 Å². The van der Waals surface area contributed by atoms with Gasteiger partial charge in [-0.25, -0.2) is 9.97 Å². The molecule has 0 spiro atoms. The predicted octanol–water partition coefficient (Wildman–Crippen LogP) is 2.63. The van der Waals surface area contributed by atoms with Crippen molar-refractivity contribution in [3.05, 3.63) is 52.8 Å². The fourth-order valence-electron chi connectivity index (χ4n) is 4.29. The summed E-state index contributed by atoms with van der Waals surface area (Å²) in [6.45, 7) is 8.76. The summed E-state index contributed by atoms with van der Waals surface area (Å²) in [5, 5.41) is 9.11. The molecule has 1 aromatic carbocycles. The van der Waals surface area contributed by atoms with E-state index in [1.54, 1.807) is 6.20 Å². The topological polar surface area (TPSA) is 69.6 Å². The molecule has 1 aliphatic carbocycles. The number of carbonyl (C=O) groups excluding carboxylic acids is 1. The maximum absolute atomic E-state index is 12.7. The monoisotopic (exact) mass is 394 g/mol. The summed E-state index contributed by atoms with van der Waals surface area (Å²) in [7, 11) is 0. The molecule has 6 nitrogen and oxygen atoms in total. The lowest BCUT2D eigenvalue weighted by Gasteiger charge is -2.34. The number of hydrogen-bond acceptors (Lipinski definition) is 6. The minimum Gasteiger partial charge on any atom is -0.395 e. The van der Waals surface area contributed by atoms with Crippen LogP contribution in [0.2, 0.25) is 0 Å². The zero-order valence-electron chi connectivity index (χ0n) is 17.3. The van der Waals surface area contributed by atoms with E-state index in [2.05, 4.69) is 52.9 Å². The number of β-amino-alcohol motifs (C(OH)–C–C–N with tert-alkyl or cyclic N) is 1. The van der Waals surface area contributed by atoms with Crippen molar-refractivity contribution in [3.63, 3.8) is 0 Å². The van der Waals surface area contributed by atoms with E-state index in [9.17, 15) is 4.79 Å². The van der Waals surface area contributed by atoms with Crippen molar-refractivity contribution in [2.24, 2.45) is 0 Å². The van der Waals surface area contributed by atoms with Gasteiger partial charge in [-0.1, -0.05) is 38.1 Å². The fraction of sp³-hybridized carbons (Fsp3) is 0.522. The van der Waals surface area contributed by atoms with E-state index in [1.807, 2.05) is 0 Å². The van der Waals surface area contributed by atoms with Crippen LogP contribution in [0.15, 0.2) is 30.5 Å². The Kier molecular flexibility index (Phi) is 5.92. The highest BCUT2D eigenvalue weighted by molar-refractivity contribution is 5.98. The number of aliphatic hydroxyl groups excluding tert-OH is 1. The summed E-state index contributed by atoms with van der Waals surface area (Å²) in [5.41, 5.74) is 4.09. The van der Waals surface area contributed by atoms with Crippen LogP contribution in [-0.2, 0) is 6.42 Å². The molecule has 0 bridgehead atoms. The fourth-order valence-corrected chi connectivity index (χ4v) is 4.29. The number of aromatic nitrogens is 2. The van der Waals surface area contributed by atoms with Gasteiger partial charge in [-0.3, -0.25) is 9.69 Å². The van der Waals surface area contributed by atoms with Crippen LogP contribution in [0.5, 0.6) is 0 Å². The second-order valence-corrected chi connectivity index (χ2v) is 8.43. The number of fused-ring (bicyclic) bond motifs is 1. The Labute approximate surface area is 172 Å². The van der Waals surface area contributed by atoms with Crippen LogP contribution in [-0.4, -0.2) is 65.1 Å². The predicted molar refractivity (Wildman–Crippen MR) is 114 cm³/mol. The summed E-state index contributed by atoms with van der Waals surface area (Å²) in [6, 6.07) is 8.69. The standard InChI is InChI=1S/C23H30N4O2/c1-16(2)17-3-5-18(6-4-17)19-13-21-20(22(29)14-19)15-24-23(25-21)27-9-7-26(8-10-27)11-12-28/h3-6,15-16,19,28H,7-14H2,1-2H3. The summed E-state index contributed by atoms with van der Waals surface area (Å²) >= 11 is 0. The lowest BCUT2D eigenvalue weighted by Crippen LogP contribution is -2.47. The Balaban J connectivity index is 1.50. The van der Waals surface area contributed by atoms with E-state index < -0.39 is 0 Å². The Morgan fingerprint density at radius 3 is 2.48 bits per heavy atom. The molecule has 2 aromatic rings. The quantitative estimate of drug-likeness (QED) is 0.841. The molecule has 2 heterocycles. The minimum atomic E-state index is 0.142. The zero-order chi connectivity index (χ0) is 20.4. The van der Waals surface area contributed by atoms with Crippen LogP contribution in [0.25, 0.3) is 0 Å². The van der Waals surface area contributed by atoms with Crippen LogP contribution in [0.3, 0.4) is 0 Å². The van der Waals surface area contributed by atoms with Gasteiger partial charge in [-0.15, -0.1) is 0 Å². The van der Waals surface area contributed by atoms with Gasteiger partial charge < -0.3 is 10.0 Å². The van der Waals surface area contributed by atoms with Crippen molar-refractivity contribution < 1.29 is 9.90 Å². The lowest BCUT2D eigenvalue weighted by atomic mass is 9.81. The van der Waals surface area contributed by atoms with E-state index in [0.29, 0.717) is 24.4 Å². The molecule has 1 aliphatic heterocycles. The van der Waals surface area contributed by atoms with Gasteiger partial charge in [0.1, 0.15) is 0 Å². The largest absolute Gasteiger partial charge is 0.395 e. The van der Waals surface area contributed by atoms with Gasteiger partial charge in [-0.05, 0) is 29.4 Å². The Hall–Kier alpha value is -2.31. The molecular formula is C23H30N4O2. The van der Waals surface area contributed by atoms with Crippen LogP contribution < -0.4 is 4.90 Å². The third-order valence-corrected chi connectivity index (χ3v) is 6.17. The molecule has 29 heavy (non-hydrogen) atoms. The van der Waals surface area contributed by atoms with E-state index in [-0.39, 0.29) is 18.3 Å². The van der Waals surface area contributed by atoms with Gasteiger partial charge in [0, 0.05) is 45.3 Å². The highest BCUT2D eigenvalue weighted by atomic mass is 16.3. The van der Waals surface area contributed by atoms with Crippen LogP contribution >= 0.6 is 0 Å². The number of piperazine rings is 1. The first-order chi connectivity index (χ1) is 14.0. The second kappa shape index (κ2) is 8.59. The van der Waals surface area contributed by atoms with Gasteiger partial charge in [0.05, 0.1) is 17.9 Å². The molecule has 0 radical (unpaired) electrons. The number of aliphatic hydroxyl groups is 1. The van der Waals surface area contributed by atoms with Crippen molar-refractivity contribution in [2.75, 3.05) is 44.2 Å². The molecule has 154 valence electrons. The first-order valence-corrected chi connectivity index (χ1v) is 10.6. The third kappa shape index (κ3) is 4.33. The number of anilines is 1. The van der Waals surface area contributed by atoms with Crippen molar-refractivity contribution in [1.82, 2.24) is 14.9 Å². The molecule has 1 N–H and O–H groups in total. The number of carbonyl (C=O) groups is 1. The molecule has 4 rings (SSSR count). The number of nitrogens with zero attached hydrogens (tertiary/aromatic N) is 4. The molecule has 1 fully saturated rings. The molecule has 1 atom stereocenters. The van der Waals surface area contributed by atoms with Crippen LogP contribution in [0, 0.1) is 0 Å². The Morgan fingerprint density at radius 1 is 1.10 bits per heavy atom. The number of benzene rings is 1. The van der Waals surface area contributed by atoms with Crippen molar-refractivity contribution in [3.8, 4) is 0 Å². The maximum atomic E-state index is 12.7. The van der Waals surface area contributed by atoms with Gasteiger partial charge in [-0.2, -0.15) is 0 Å². The van der Waals surface area contributed by atoms with Crippen molar-refractivity contribution >= 4 is 11.7 Å². The average molecular weight is 395 g/mol. The van der Waals surface area contributed by atoms with Gasteiger partial charge in [0.2, 0.25) is 5.95 Å². The van der Waals surface area contributed by atoms with E-state index in [0.717, 1.165) is 44.2 Å². The number of ketones is 1. The first kappa shape index (κ1) is 20.0. The summed E-state index contributed by atoms with van der Waals surface area (Å²) in [4.78, 5) is 26.4. The highest BCUT2D eigenvalue weighted by Crippen LogP contribution is 2.33. The van der Waals surface area contributed by atoms with Gasteiger partial charge >= 0.3 is 0 Å². The van der Waals surface area contributed by atoms with E-state index in [1.165, 1.54) is 11.1 Å². The minimum absolute atomic E-state index is 0.142. The van der Waals surface area contributed by atoms with Crippen molar-refractivity contribution in [2.45, 2.75) is 38.5 Å². The Morgan fingerprint density at radius 2 is 1.83 bits per heavy atom. The number of Topliss-reactive ketones (excluding diaryl/α,β-unsaturated/α-hetero) is 1. The maximum Gasteiger partial charge on any atom is 0.225 e. The van der Waals surface area contributed by atoms with Crippen LogP contribution in [0.1, 0.15) is 59.3 Å². The third-order valence-electron chi connectivity index (χ3n) is 6.17. The molecule has 2 aliphatic rings. The SMILES string of the molecule is CC(C)c1ccc(C2CC(=O)c3cnc(N4CCN(CCO)CC4)nc3C2)cc1. The Bertz CT molecular complexity index is 858. The zero-order valence-corrected chi connectivity index (χ0v) is 17.3. The smallest absolute Gasteiger partial charge is 0.225 e. The normalized spacial score (nSPS) is 20.2. The van der Waals surface area contributed by atoms with Gasteiger partial charge in [0.25, 0.3) is 0 Å². The van der Waals surface area contributed by atoms with E-state index >= 15 is 0 Å². The number of rotatable bonds is 5. The molecule has 1 unspecified atom stereocenters. The molecule has 1 saturated heterocycles. The first-order valence-electron chi connectivity index (χ1n) is 10.6. The number of hydrogen-bond donors (Lipinski definition) is 1. The summed E-state index contributed by atoms with van der Waals surface area (Å²) in [6.07, 6.45) is 3.02. The molecule has 0 saturated carbocycles. The molecule has 1 aromatic heterocycles.